The van der Waals surface area contributed by atoms with Gasteiger partial charge in [0.1, 0.15) is 5.75 Å². The number of hydrogen-bond acceptors (Lipinski definition) is 2. The Morgan fingerprint density at radius 1 is 1.12 bits per heavy atom. The maximum atomic E-state index is 5.21. The summed E-state index contributed by atoms with van der Waals surface area (Å²) >= 11 is 4.18. The van der Waals surface area contributed by atoms with E-state index in [1.54, 1.807) is 7.11 Å². The number of ether oxygens (including phenoxy) is 1. The molecule has 0 aliphatic carbocycles. The Hall–Kier alpha value is -1.41. The molecule has 1 nitrogen and oxygen atoms in total. The summed E-state index contributed by atoms with van der Waals surface area (Å²) in [7, 11) is 1.69. The summed E-state index contributed by atoms with van der Waals surface area (Å²) in [5, 5.41) is 2.44. The Balaban J connectivity index is 2.31. The minimum Gasteiger partial charge on any atom is -0.497 e. The molecular weight excluding hydrogens is 228 g/mol. The van der Waals surface area contributed by atoms with Gasteiger partial charge in [-0.25, -0.2) is 0 Å². The summed E-state index contributed by atoms with van der Waals surface area (Å²) in [4.78, 5) is 0. The van der Waals surface area contributed by atoms with Crippen LogP contribution in [0.15, 0.2) is 42.5 Å². The monoisotopic (exact) mass is 244 g/mol. The van der Waals surface area contributed by atoms with E-state index in [9.17, 15) is 0 Å². The zero-order valence-corrected chi connectivity index (χ0v) is 10.8. The SMILES string of the molecule is COc1ccc2cc(C=CCCS)ccc2c1. The fraction of sp³-hybridized carbons (Fsp3) is 0.200. The Morgan fingerprint density at radius 3 is 2.65 bits per heavy atom. The molecule has 0 saturated carbocycles. The van der Waals surface area contributed by atoms with Crippen molar-refractivity contribution in [2.24, 2.45) is 0 Å². The Kier molecular flexibility index (Phi) is 4.10. The quantitative estimate of drug-likeness (QED) is 0.794. The van der Waals surface area contributed by atoms with Crippen molar-refractivity contribution in [2.75, 3.05) is 12.9 Å². The molecule has 0 aromatic heterocycles. The molecule has 0 aliphatic heterocycles. The van der Waals surface area contributed by atoms with Gasteiger partial charge in [-0.15, -0.1) is 0 Å². The average Bonchev–Trinajstić information content (AvgIpc) is 2.38. The smallest absolute Gasteiger partial charge is 0.119 e. The summed E-state index contributed by atoms with van der Waals surface area (Å²) in [5.41, 5.74) is 1.23. The molecule has 0 amide bonds. The molecule has 0 saturated heterocycles. The van der Waals surface area contributed by atoms with E-state index in [-0.39, 0.29) is 0 Å². The second-order valence-electron chi connectivity index (χ2n) is 3.89. The summed E-state index contributed by atoms with van der Waals surface area (Å²) in [6, 6.07) is 12.6. The number of methoxy groups -OCH3 is 1. The van der Waals surface area contributed by atoms with Gasteiger partial charge in [0.15, 0.2) is 0 Å². The Labute approximate surface area is 108 Å². The average molecular weight is 244 g/mol. The molecule has 0 spiro atoms. The van der Waals surface area contributed by atoms with Crippen LogP contribution in [0.4, 0.5) is 0 Å². The molecule has 0 fully saturated rings. The summed E-state index contributed by atoms with van der Waals surface area (Å²) < 4.78 is 5.21. The lowest BCUT2D eigenvalue weighted by Crippen LogP contribution is -1.82. The van der Waals surface area contributed by atoms with Crippen LogP contribution in [0, 0.1) is 0 Å². The zero-order valence-electron chi connectivity index (χ0n) is 9.89. The lowest BCUT2D eigenvalue weighted by atomic mass is 10.1. The lowest BCUT2D eigenvalue weighted by Gasteiger charge is -2.03. The number of thiol groups is 1. The topological polar surface area (TPSA) is 9.23 Å². The highest BCUT2D eigenvalue weighted by Crippen LogP contribution is 2.22. The largest absolute Gasteiger partial charge is 0.497 e. The molecule has 88 valence electrons. The first kappa shape index (κ1) is 12.1. The predicted octanol–water partition coefficient (Wildman–Crippen LogP) is 4.18. The standard InChI is InChI=1S/C15H16OS/c1-16-15-8-7-13-10-12(4-2-3-9-17)5-6-14(13)11-15/h2,4-8,10-11,17H,3,9H2,1H3. The first-order valence-electron chi connectivity index (χ1n) is 5.68. The predicted molar refractivity (Wildman–Crippen MR) is 78.0 cm³/mol. The van der Waals surface area contributed by atoms with Crippen LogP contribution in [-0.4, -0.2) is 12.9 Å². The van der Waals surface area contributed by atoms with Gasteiger partial charge in [0.2, 0.25) is 0 Å². The minimum absolute atomic E-state index is 0.890. The fourth-order valence-corrected chi connectivity index (χ4v) is 1.92. The van der Waals surface area contributed by atoms with Crippen LogP contribution in [0.2, 0.25) is 0 Å². The van der Waals surface area contributed by atoms with Crippen molar-refractivity contribution in [3.8, 4) is 5.75 Å². The van der Waals surface area contributed by atoms with Gasteiger partial charge in [-0.05, 0) is 46.7 Å². The number of benzene rings is 2. The van der Waals surface area contributed by atoms with Crippen molar-refractivity contribution >= 4 is 29.5 Å². The van der Waals surface area contributed by atoms with E-state index < -0.39 is 0 Å². The van der Waals surface area contributed by atoms with Gasteiger partial charge < -0.3 is 4.74 Å². The normalized spacial score (nSPS) is 11.2. The number of rotatable bonds is 4. The van der Waals surface area contributed by atoms with Crippen molar-refractivity contribution in [3.63, 3.8) is 0 Å². The van der Waals surface area contributed by atoms with E-state index in [4.69, 9.17) is 4.74 Å². The maximum absolute atomic E-state index is 5.21. The van der Waals surface area contributed by atoms with Crippen LogP contribution in [0.25, 0.3) is 16.8 Å². The van der Waals surface area contributed by atoms with E-state index in [0.29, 0.717) is 0 Å². The highest BCUT2D eigenvalue weighted by molar-refractivity contribution is 7.80. The van der Waals surface area contributed by atoms with Crippen molar-refractivity contribution in [3.05, 3.63) is 48.0 Å². The van der Waals surface area contributed by atoms with Crippen LogP contribution < -0.4 is 4.74 Å². The van der Waals surface area contributed by atoms with Gasteiger partial charge >= 0.3 is 0 Å². The van der Waals surface area contributed by atoms with Crippen molar-refractivity contribution in [1.82, 2.24) is 0 Å². The van der Waals surface area contributed by atoms with Crippen LogP contribution >= 0.6 is 12.6 Å². The molecule has 2 aromatic rings. The summed E-state index contributed by atoms with van der Waals surface area (Å²) in [5.74, 6) is 1.79. The molecule has 0 atom stereocenters. The Morgan fingerprint density at radius 2 is 1.88 bits per heavy atom. The number of fused-ring (bicyclic) bond motifs is 1. The van der Waals surface area contributed by atoms with Gasteiger partial charge in [-0.1, -0.05) is 30.4 Å². The van der Waals surface area contributed by atoms with Crippen LogP contribution in [0.3, 0.4) is 0 Å². The maximum Gasteiger partial charge on any atom is 0.119 e. The van der Waals surface area contributed by atoms with Gasteiger partial charge in [-0.3, -0.25) is 0 Å². The Bertz CT molecular complexity index is 531. The fourth-order valence-electron chi connectivity index (χ4n) is 1.77. The highest BCUT2D eigenvalue weighted by atomic mass is 32.1. The van der Waals surface area contributed by atoms with Crippen molar-refractivity contribution < 1.29 is 4.74 Å². The molecule has 0 heterocycles. The first-order chi connectivity index (χ1) is 8.33. The molecule has 2 heteroatoms. The molecule has 0 N–H and O–H groups in total. The van der Waals surface area contributed by atoms with E-state index in [0.717, 1.165) is 17.9 Å². The molecule has 2 rings (SSSR count). The first-order valence-corrected chi connectivity index (χ1v) is 6.32. The van der Waals surface area contributed by atoms with Crippen molar-refractivity contribution in [1.29, 1.82) is 0 Å². The molecule has 2 aromatic carbocycles. The second-order valence-corrected chi connectivity index (χ2v) is 4.33. The molecule has 0 bridgehead atoms. The second kappa shape index (κ2) is 5.78. The van der Waals surface area contributed by atoms with Crippen LogP contribution in [-0.2, 0) is 0 Å². The van der Waals surface area contributed by atoms with Gasteiger partial charge in [0.05, 0.1) is 7.11 Å². The van der Waals surface area contributed by atoms with E-state index in [2.05, 4.69) is 55.1 Å². The molecule has 17 heavy (non-hydrogen) atoms. The lowest BCUT2D eigenvalue weighted by molar-refractivity contribution is 0.415. The van der Waals surface area contributed by atoms with E-state index in [1.807, 2.05) is 6.07 Å². The zero-order chi connectivity index (χ0) is 12.1. The minimum atomic E-state index is 0.890. The molecule has 0 aliphatic rings. The third-order valence-electron chi connectivity index (χ3n) is 2.68. The van der Waals surface area contributed by atoms with E-state index >= 15 is 0 Å². The summed E-state index contributed by atoms with van der Waals surface area (Å²) in [6.07, 6.45) is 5.29. The third kappa shape index (κ3) is 3.04. The van der Waals surface area contributed by atoms with Crippen LogP contribution in [0.1, 0.15) is 12.0 Å². The highest BCUT2D eigenvalue weighted by Gasteiger charge is 1.96. The third-order valence-corrected chi connectivity index (χ3v) is 2.94. The molecule has 0 unspecified atom stereocenters. The summed E-state index contributed by atoms with van der Waals surface area (Å²) in [6.45, 7) is 0. The van der Waals surface area contributed by atoms with Gasteiger partial charge in [-0.2, -0.15) is 12.6 Å². The van der Waals surface area contributed by atoms with Gasteiger partial charge in [0.25, 0.3) is 0 Å². The number of hydrogen-bond donors (Lipinski definition) is 1. The van der Waals surface area contributed by atoms with Crippen molar-refractivity contribution in [2.45, 2.75) is 6.42 Å². The van der Waals surface area contributed by atoms with Crippen LogP contribution in [0.5, 0.6) is 5.75 Å². The molecular formula is C15H16OS. The number of allylic oxidation sites excluding steroid dienone is 1. The van der Waals surface area contributed by atoms with E-state index in [1.165, 1.54) is 16.3 Å². The van der Waals surface area contributed by atoms with Gasteiger partial charge in [0, 0.05) is 0 Å². The molecule has 0 radical (unpaired) electrons.